The van der Waals surface area contributed by atoms with Crippen LogP contribution < -0.4 is 16.0 Å². The summed E-state index contributed by atoms with van der Waals surface area (Å²) in [6.07, 6.45) is 3.61. The summed E-state index contributed by atoms with van der Waals surface area (Å²) in [5.74, 6) is -1.30. The van der Waals surface area contributed by atoms with Gasteiger partial charge in [0.25, 0.3) is 11.8 Å². The molecule has 0 saturated carbocycles. The Morgan fingerprint density at radius 1 is 0.962 bits per heavy atom. The number of nitrogens with one attached hydrogen (secondary N) is 3. The van der Waals surface area contributed by atoms with Gasteiger partial charge in [-0.05, 0) is 73.9 Å². The van der Waals surface area contributed by atoms with Crippen LogP contribution in [0.1, 0.15) is 56.3 Å². The number of fused-ring (bicyclic) bond motifs is 1. The molecule has 6 rings (SSSR count). The summed E-state index contributed by atoms with van der Waals surface area (Å²) in [7, 11) is 0. The van der Waals surface area contributed by atoms with Crippen LogP contribution >= 0.6 is 23.1 Å². The second-order valence-electron chi connectivity index (χ2n) is 12.0. The molecule has 3 amide bonds. The van der Waals surface area contributed by atoms with Crippen molar-refractivity contribution in [1.29, 1.82) is 0 Å². The van der Waals surface area contributed by atoms with Crippen molar-refractivity contribution in [3.63, 3.8) is 0 Å². The van der Waals surface area contributed by atoms with E-state index in [1.165, 1.54) is 41.0 Å². The van der Waals surface area contributed by atoms with Crippen LogP contribution in [0.4, 0.5) is 10.7 Å². The van der Waals surface area contributed by atoms with Gasteiger partial charge in [0.1, 0.15) is 16.5 Å². The first-order valence-corrected chi connectivity index (χ1v) is 18.6. The number of hydrogen-bond acceptors (Lipinski definition) is 9. The molecule has 3 heterocycles. The molecular weight excluding hydrogens is 697 g/mol. The van der Waals surface area contributed by atoms with E-state index in [0.717, 1.165) is 28.4 Å². The van der Waals surface area contributed by atoms with E-state index in [0.29, 0.717) is 40.5 Å². The van der Waals surface area contributed by atoms with Crippen molar-refractivity contribution in [3.05, 3.63) is 142 Å². The quantitative estimate of drug-likeness (QED) is 0.0641. The number of esters is 1. The number of ether oxygens (including phenoxy) is 1. The van der Waals surface area contributed by atoms with Gasteiger partial charge in [-0.1, -0.05) is 54.6 Å². The molecule has 3 aromatic carbocycles. The number of rotatable bonds is 13. The average molecular weight is 735 g/mol. The smallest absolute Gasteiger partial charge is 0.341 e. The largest absolute Gasteiger partial charge is 0.465 e. The van der Waals surface area contributed by atoms with Crippen LogP contribution in [0.15, 0.2) is 118 Å². The molecule has 1 aliphatic rings. The maximum atomic E-state index is 13.6. The fourth-order valence-corrected chi connectivity index (χ4v) is 7.92. The van der Waals surface area contributed by atoms with Crippen molar-refractivity contribution < 1.29 is 28.3 Å². The van der Waals surface area contributed by atoms with Gasteiger partial charge in [0.15, 0.2) is 0 Å². The van der Waals surface area contributed by atoms with E-state index >= 15 is 0 Å². The number of carbonyl (C=O) groups excluding carboxylic acids is 4. The summed E-state index contributed by atoms with van der Waals surface area (Å²) in [5.41, 5.74) is 3.46. The molecule has 10 nitrogen and oxygen atoms in total. The second kappa shape index (κ2) is 17.2. The minimum absolute atomic E-state index is 0.00570. The highest BCUT2D eigenvalue weighted by Gasteiger charge is 2.30. The van der Waals surface area contributed by atoms with E-state index in [4.69, 9.17) is 9.15 Å². The Labute approximate surface area is 310 Å². The predicted octanol–water partition coefficient (Wildman–Crippen LogP) is 7.61. The monoisotopic (exact) mass is 734 g/mol. The van der Waals surface area contributed by atoms with Crippen LogP contribution in [0.5, 0.6) is 0 Å². The molecule has 0 spiro atoms. The normalized spacial score (nSPS) is 13.5. The number of thioether (sulfide) groups is 1. The van der Waals surface area contributed by atoms with Crippen LogP contribution in [0, 0.1) is 0 Å². The molecule has 1 atom stereocenters. The van der Waals surface area contributed by atoms with Gasteiger partial charge in [0, 0.05) is 46.7 Å². The highest BCUT2D eigenvalue weighted by Crippen LogP contribution is 2.39. The Bertz CT molecular complexity index is 2060. The van der Waals surface area contributed by atoms with E-state index in [2.05, 4.69) is 33.0 Å². The van der Waals surface area contributed by atoms with Crippen molar-refractivity contribution in [2.75, 3.05) is 23.8 Å². The lowest BCUT2D eigenvalue weighted by molar-refractivity contribution is -0.115. The fourth-order valence-electron chi connectivity index (χ4n) is 5.72. The third kappa shape index (κ3) is 9.26. The Kier molecular flexibility index (Phi) is 12.0. The van der Waals surface area contributed by atoms with E-state index < -0.39 is 23.0 Å². The van der Waals surface area contributed by atoms with Gasteiger partial charge in [-0.2, -0.15) is 0 Å². The minimum atomic E-state index is -0.552. The van der Waals surface area contributed by atoms with Crippen LogP contribution in [0.3, 0.4) is 0 Å². The van der Waals surface area contributed by atoms with E-state index in [-0.39, 0.29) is 18.2 Å². The first kappa shape index (κ1) is 36.4. The molecule has 1 aliphatic heterocycles. The number of furan rings is 1. The SMILES string of the molecule is CCOC(=O)c1c(NC(=O)C(C)Sc2cccc(NC(=O)/C(=C/c3ccco3)NC(=O)c3ccccc3)c2)sc2c1CCN(Cc1ccccc1)C2. The third-order valence-electron chi connectivity index (χ3n) is 8.23. The van der Waals surface area contributed by atoms with E-state index in [1.807, 2.05) is 24.3 Å². The van der Waals surface area contributed by atoms with E-state index in [1.54, 1.807) is 74.5 Å². The fraction of sp³-hybridized carbons (Fsp3) is 0.200. The van der Waals surface area contributed by atoms with E-state index in [9.17, 15) is 19.2 Å². The lowest BCUT2D eigenvalue weighted by atomic mass is 10.0. The van der Waals surface area contributed by atoms with Crippen LogP contribution in [0.25, 0.3) is 6.08 Å². The van der Waals surface area contributed by atoms with Crippen LogP contribution in [0.2, 0.25) is 0 Å². The Morgan fingerprint density at radius 3 is 2.46 bits per heavy atom. The Morgan fingerprint density at radius 2 is 1.73 bits per heavy atom. The molecule has 0 fully saturated rings. The molecule has 0 bridgehead atoms. The van der Waals surface area contributed by atoms with Crippen molar-refractivity contribution in [2.45, 2.75) is 43.5 Å². The molecule has 0 aliphatic carbocycles. The molecular formula is C40H38N4O6S2. The zero-order valence-corrected chi connectivity index (χ0v) is 30.4. The number of hydrogen-bond donors (Lipinski definition) is 3. The topological polar surface area (TPSA) is 130 Å². The summed E-state index contributed by atoms with van der Waals surface area (Å²) in [5, 5.41) is 8.50. The van der Waals surface area contributed by atoms with Gasteiger partial charge < -0.3 is 25.1 Å². The van der Waals surface area contributed by atoms with Crippen molar-refractivity contribution in [2.24, 2.45) is 0 Å². The number of thiophene rings is 1. The number of anilines is 2. The zero-order valence-electron chi connectivity index (χ0n) is 28.7. The van der Waals surface area contributed by atoms with Gasteiger partial charge in [-0.3, -0.25) is 19.3 Å². The first-order valence-electron chi connectivity index (χ1n) is 16.9. The standard InChI is InChI=1S/C40H38N4O6S2/c1-3-49-40(48)35-32-19-20-44(24-27-12-6-4-7-13-27)25-34(32)52-39(35)43-36(45)26(2)51-31-18-10-16-29(22-31)41-38(47)33(23-30-17-11-21-50-30)42-37(46)28-14-8-5-9-15-28/h4-18,21-23,26H,3,19-20,24-25H2,1-2H3,(H,41,47)(H,42,46)(H,43,45)/b33-23-. The van der Waals surface area contributed by atoms with Gasteiger partial charge in [-0.25, -0.2) is 4.79 Å². The number of carbonyl (C=O) groups is 4. The molecule has 0 radical (unpaired) electrons. The molecule has 52 heavy (non-hydrogen) atoms. The Hall–Kier alpha value is -5.43. The third-order valence-corrected chi connectivity index (χ3v) is 10.5. The highest BCUT2D eigenvalue weighted by atomic mass is 32.2. The summed E-state index contributed by atoms with van der Waals surface area (Å²) in [6, 6.07) is 29.3. The molecule has 5 aromatic rings. The number of benzene rings is 3. The zero-order chi connectivity index (χ0) is 36.5. The summed E-state index contributed by atoms with van der Waals surface area (Å²) >= 11 is 2.74. The van der Waals surface area contributed by atoms with Gasteiger partial charge in [-0.15, -0.1) is 23.1 Å². The maximum Gasteiger partial charge on any atom is 0.341 e. The minimum Gasteiger partial charge on any atom is -0.465 e. The molecule has 12 heteroatoms. The van der Waals surface area contributed by atoms with Gasteiger partial charge in [0.2, 0.25) is 5.91 Å². The maximum absolute atomic E-state index is 13.6. The summed E-state index contributed by atoms with van der Waals surface area (Å²) in [6.45, 7) is 6.04. The lowest BCUT2D eigenvalue weighted by Gasteiger charge is -2.27. The Balaban J connectivity index is 1.13. The highest BCUT2D eigenvalue weighted by molar-refractivity contribution is 8.00. The first-order chi connectivity index (χ1) is 25.3. The molecule has 2 aromatic heterocycles. The van der Waals surface area contributed by atoms with Crippen molar-refractivity contribution in [1.82, 2.24) is 10.2 Å². The predicted molar refractivity (Wildman–Crippen MR) is 204 cm³/mol. The molecule has 1 unspecified atom stereocenters. The van der Waals surface area contributed by atoms with Crippen LogP contribution in [-0.2, 0) is 33.8 Å². The lowest BCUT2D eigenvalue weighted by Crippen LogP contribution is -2.30. The molecule has 3 N–H and O–H groups in total. The van der Waals surface area contributed by atoms with Gasteiger partial charge in [0.05, 0.1) is 23.7 Å². The van der Waals surface area contributed by atoms with Crippen LogP contribution in [-0.4, -0.2) is 47.0 Å². The number of amides is 3. The number of nitrogens with zero attached hydrogens (tertiary/aromatic N) is 1. The van der Waals surface area contributed by atoms with Crippen molar-refractivity contribution >= 4 is 63.6 Å². The average Bonchev–Trinajstić information content (AvgIpc) is 3.79. The summed E-state index contributed by atoms with van der Waals surface area (Å²) in [4.78, 5) is 57.2. The second-order valence-corrected chi connectivity index (χ2v) is 14.5. The van der Waals surface area contributed by atoms with Crippen molar-refractivity contribution in [3.8, 4) is 0 Å². The van der Waals surface area contributed by atoms with Gasteiger partial charge >= 0.3 is 5.97 Å². The molecule has 0 saturated heterocycles. The molecule has 266 valence electrons. The summed E-state index contributed by atoms with van der Waals surface area (Å²) < 4.78 is 10.8.